The van der Waals surface area contributed by atoms with Crippen molar-refractivity contribution in [2.24, 2.45) is 0 Å². The van der Waals surface area contributed by atoms with Gasteiger partial charge in [-0.05, 0) is 43.9 Å². The van der Waals surface area contributed by atoms with E-state index in [2.05, 4.69) is 5.32 Å². The Morgan fingerprint density at radius 2 is 1.94 bits per heavy atom. The molecule has 0 bridgehead atoms. The molecular weight excluding hydrogens is 426 g/mol. The fourth-order valence-electron chi connectivity index (χ4n) is 5.10. The van der Waals surface area contributed by atoms with Crippen LogP contribution in [0, 0.1) is 0 Å². The van der Waals surface area contributed by atoms with Gasteiger partial charge in [0.05, 0.1) is 18.3 Å². The smallest absolute Gasteiger partial charge is 0.271 e. The van der Waals surface area contributed by atoms with Gasteiger partial charge in [0.25, 0.3) is 5.91 Å². The number of rotatable bonds is 5. The normalized spacial score (nSPS) is 21.7. The molecule has 1 N–H and O–H groups in total. The molecule has 1 fully saturated rings. The number of nitrogens with one attached hydrogen (secondary N) is 1. The van der Waals surface area contributed by atoms with E-state index in [1.54, 1.807) is 17.2 Å². The second-order valence-corrected chi connectivity index (χ2v) is 9.64. The average Bonchev–Trinajstić information content (AvgIpc) is 3.38. The summed E-state index contributed by atoms with van der Waals surface area (Å²) in [5, 5.41) is 3.94. The molecule has 1 aromatic carbocycles. The summed E-state index contributed by atoms with van der Waals surface area (Å²) in [5.74, 6) is -0.220. The van der Waals surface area contributed by atoms with Crippen LogP contribution in [-0.4, -0.2) is 39.4 Å². The number of nitrogens with zero attached hydrogens (tertiary/aromatic N) is 2. The van der Waals surface area contributed by atoms with E-state index in [9.17, 15) is 9.59 Å². The van der Waals surface area contributed by atoms with Crippen molar-refractivity contribution in [2.75, 3.05) is 6.54 Å². The number of hydrogen-bond acceptors (Lipinski definition) is 3. The molecule has 7 heteroatoms. The number of fused-ring (bicyclic) bond motifs is 3. The summed E-state index contributed by atoms with van der Waals surface area (Å²) in [5.41, 5.74) is 2.17. The van der Waals surface area contributed by atoms with E-state index in [1.165, 1.54) is 6.42 Å². The molecule has 2 aliphatic rings. The minimum absolute atomic E-state index is 0.0788. The summed E-state index contributed by atoms with van der Waals surface area (Å²) >= 11 is 6.02. The molecule has 1 saturated carbocycles. The van der Waals surface area contributed by atoms with Crippen molar-refractivity contribution >= 4 is 34.5 Å². The molecule has 0 radical (unpaired) electrons. The van der Waals surface area contributed by atoms with Gasteiger partial charge >= 0.3 is 0 Å². The minimum Gasteiger partial charge on any atom is -0.463 e. The lowest BCUT2D eigenvalue weighted by Crippen LogP contribution is -2.65. The molecule has 6 nitrogen and oxygen atoms in total. The Morgan fingerprint density at radius 3 is 2.69 bits per heavy atom. The van der Waals surface area contributed by atoms with E-state index in [0.29, 0.717) is 35.8 Å². The second kappa shape index (κ2) is 8.32. The highest BCUT2D eigenvalue weighted by Gasteiger charge is 2.48. The number of amides is 2. The summed E-state index contributed by atoms with van der Waals surface area (Å²) in [6, 6.07) is 11.5. The van der Waals surface area contributed by atoms with Crippen molar-refractivity contribution in [2.45, 2.75) is 63.6 Å². The summed E-state index contributed by atoms with van der Waals surface area (Å²) in [4.78, 5) is 29.0. The van der Waals surface area contributed by atoms with Gasteiger partial charge < -0.3 is 19.2 Å². The van der Waals surface area contributed by atoms with Crippen molar-refractivity contribution in [1.29, 1.82) is 0 Å². The van der Waals surface area contributed by atoms with Gasteiger partial charge in [0.15, 0.2) is 5.58 Å². The zero-order valence-electron chi connectivity index (χ0n) is 18.3. The highest BCUT2D eigenvalue weighted by Crippen LogP contribution is 2.33. The molecule has 2 amide bonds. The van der Waals surface area contributed by atoms with Crippen LogP contribution in [0.5, 0.6) is 0 Å². The number of carbonyl (C=O) groups is 2. The third kappa shape index (κ3) is 3.71. The Bertz CT molecular complexity index is 1140. The average molecular weight is 454 g/mol. The van der Waals surface area contributed by atoms with Crippen LogP contribution in [0.15, 0.2) is 47.1 Å². The number of halogens is 1. The first-order chi connectivity index (χ1) is 15.5. The highest BCUT2D eigenvalue weighted by atomic mass is 35.5. The van der Waals surface area contributed by atoms with Gasteiger partial charge in [-0.3, -0.25) is 9.59 Å². The first-order valence-corrected chi connectivity index (χ1v) is 11.8. The molecule has 1 aliphatic heterocycles. The predicted molar refractivity (Wildman–Crippen MR) is 124 cm³/mol. The van der Waals surface area contributed by atoms with Crippen molar-refractivity contribution in [3.05, 3.63) is 58.9 Å². The van der Waals surface area contributed by atoms with Crippen LogP contribution in [0.4, 0.5) is 0 Å². The van der Waals surface area contributed by atoms with Crippen LogP contribution in [0.25, 0.3) is 11.1 Å². The summed E-state index contributed by atoms with van der Waals surface area (Å²) in [6.07, 6.45) is 7.76. The monoisotopic (exact) mass is 453 g/mol. The summed E-state index contributed by atoms with van der Waals surface area (Å²) in [6.45, 7) is 2.73. The van der Waals surface area contributed by atoms with Gasteiger partial charge in [-0.25, -0.2) is 0 Å². The first kappa shape index (κ1) is 21.1. The molecule has 0 saturated heterocycles. The maximum absolute atomic E-state index is 13.6. The summed E-state index contributed by atoms with van der Waals surface area (Å²) < 4.78 is 7.47. The van der Waals surface area contributed by atoms with E-state index in [4.69, 9.17) is 16.0 Å². The van der Waals surface area contributed by atoms with E-state index >= 15 is 0 Å². The molecule has 32 heavy (non-hydrogen) atoms. The van der Waals surface area contributed by atoms with Gasteiger partial charge in [0.1, 0.15) is 11.2 Å². The first-order valence-electron chi connectivity index (χ1n) is 11.4. The Hall–Kier alpha value is -2.73. The highest BCUT2D eigenvalue weighted by molar-refractivity contribution is 6.30. The standard InChI is InChI=1S/C25H28ClN3O3/c1-25(24(31)27-19-5-3-2-4-6-19)16-28-20-12-14-32-22(20)15-21(28)23(30)29(25)13-11-17-7-9-18(26)10-8-17/h7-10,12,14-15,19H,2-6,11,13,16H2,1H3,(H,27,31). The Morgan fingerprint density at radius 1 is 1.19 bits per heavy atom. The summed E-state index contributed by atoms with van der Waals surface area (Å²) in [7, 11) is 0. The molecule has 0 spiro atoms. The number of benzene rings is 1. The van der Waals surface area contributed by atoms with Crippen LogP contribution in [0.3, 0.4) is 0 Å². The lowest BCUT2D eigenvalue weighted by Gasteiger charge is -2.45. The molecule has 1 unspecified atom stereocenters. The van der Waals surface area contributed by atoms with E-state index in [-0.39, 0.29) is 17.9 Å². The third-order valence-corrected chi connectivity index (χ3v) is 7.27. The zero-order valence-corrected chi connectivity index (χ0v) is 19.0. The number of hydrogen-bond donors (Lipinski definition) is 1. The van der Waals surface area contributed by atoms with Gasteiger partial charge in [-0.1, -0.05) is 43.0 Å². The quantitative estimate of drug-likeness (QED) is 0.603. The number of furan rings is 1. The van der Waals surface area contributed by atoms with Crippen molar-refractivity contribution in [3.63, 3.8) is 0 Å². The molecule has 168 valence electrons. The maximum Gasteiger partial charge on any atom is 0.271 e. The molecule has 3 aromatic rings. The maximum atomic E-state index is 13.6. The van der Waals surface area contributed by atoms with E-state index in [0.717, 1.165) is 36.8 Å². The third-order valence-electron chi connectivity index (χ3n) is 7.02. The van der Waals surface area contributed by atoms with Crippen molar-refractivity contribution < 1.29 is 14.0 Å². The van der Waals surface area contributed by atoms with Crippen molar-refractivity contribution in [3.8, 4) is 0 Å². The molecule has 2 aromatic heterocycles. The topological polar surface area (TPSA) is 67.5 Å². The molecule has 5 rings (SSSR count). The van der Waals surface area contributed by atoms with Gasteiger partial charge in [-0.2, -0.15) is 0 Å². The molecule has 1 aliphatic carbocycles. The van der Waals surface area contributed by atoms with Crippen LogP contribution in [0.2, 0.25) is 5.02 Å². The van der Waals surface area contributed by atoms with E-state index in [1.807, 2.05) is 41.8 Å². The molecule has 3 heterocycles. The minimum atomic E-state index is -0.989. The Labute approximate surface area is 192 Å². The van der Waals surface area contributed by atoms with Gasteiger partial charge in [0, 0.05) is 29.7 Å². The number of carbonyl (C=O) groups excluding carboxylic acids is 2. The SMILES string of the molecule is CC1(C(=O)NC2CCCCC2)Cn2c(cc3occc32)C(=O)N1CCc1ccc(Cl)cc1. The fourth-order valence-corrected chi connectivity index (χ4v) is 5.23. The zero-order chi connectivity index (χ0) is 22.3. The van der Waals surface area contributed by atoms with Crippen LogP contribution in [-0.2, 0) is 17.8 Å². The molecular formula is C25H28ClN3O3. The van der Waals surface area contributed by atoms with Crippen LogP contribution < -0.4 is 5.32 Å². The second-order valence-electron chi connectivity index (χ2n) is 9.20. The van der Waals surface area contributed by atoms with Gasteiger partial charge in [-0.15, -0.1) is 0 Å². The lowest BCUT2D eigenvalue weighted by atomic mass is 9.91. The van der Waals surface area contributed by atoms with Gasteiger partial charge in [0.2, 0.25) is 5.91 Å². The predicted octanol–water partition coefficient (Wildman–Crippen LogP) is 4.79. The van der Waals surface area contributed by atoms with Crippen LogP contribution >= 0.6 is 11.6 Å². The van der Waals surface area contributed by atoms with Crippen LogP contribution in [0.1, 0.15) is 55.1 Å². The van der Waals surface area contributed by atoms with E-state index < -0.39 is 5.54 Å². The fraction of sp³-hybridized carbons (Fsp3) is 0.440. The molecule has 1 atom stereocenters. The Balaban J connectivity index is 1.46. The largest absolute Gasteiger partial charge is 0.463 e. The lowest BCUT2D eigenvalue weighted by molar-refractivity contribution is -0.133. The number of aromatic nitrogens is 1. The Kier molecular flexibility index (Phi) is 5.49. The van der Waals surface area contributed by atoms with Crippen molar-refractivity contribution in [1.82, 2.24) is 14.8 Å².